The number of aliphatic imine (C=N–C) groups is 1. The minimum absolute atomic E-state index is 0.0256. The number of hydrogen-bond donors (Lipinski definition) is 3. The van der Waals surface area contributed by atoms with Crippen molar-refractivity contribution in [2.45, 2.75) is 6.92 Å². The molecule has 5 heteroatoms. The van der Waals surface area contributed by atoms with E-state index in [0.29, 0.717) is 17.1 Å². The van der Waals surface area contributed by atoms with Crippen molar-refractivity contribution in [2.75, 3.05) is 11.5 Å². The number of benzene rings is 1. The molecule has 0 radical (unpaired) electrons. The Labute approximate surface area is 81.1 Å². The molecule has 0 unspecified atom stereocenters. The summed E-state index contributed by atoms with van der Waals surface area (Å²) in [6.07, 6.45) is 0. The summed E-state index contributed by atoms with van der Waals surface area (Å²) in [5.74, 6) is -1.08. The lowest BCUT2D eigenvalue weighted by Crippen LogP contribution is -2.07. The first-order chi connectivity index (χ1) is 6.50. The maximum atomic E-state index is 10.5. The van der Waals surface area contributed by atoms with Gasteiger partial charge in [0.1, 0.15) is 5.71 Å². The standard InChI is InChI=1S/C9H11N3O2/c1-5(9(13)14)12-8-4-6(10)2-3-7(8)11/h2-4H,10-11H2,1H3,(H,13,14). The molecule has 0 aliphatic rings. The van der Waals surface area contributed by atoms with E-state index in [9.17, 15) is 4.79 Å². The summed E-state index contributed by atoms with van der Waals surface area (Å²) >= 11 is 0. The lowest BCUT2D eigenvalue weighted by molar-refractivity contribution is -0.129. The van der Waals surface area contributed by atoms with Gasteiger partial charge in [-0.3, -0.25) is 0 Å². The Morgan fingerprint density at radius 2 is 2.07 bits per heavy atom. The second-order valence-corrected chi connectivity index (χ2v) is 2.82. The molecule has 1 rings (SSSR count). The van der Waals surface area contributed by atoms with Crippen molar-refractivity contribution in [2.24, 2.45) is 4.99 Å². The molecule has 1 aromatic rings. The van der Waals surface area contributed by atoms with Crippen LogP contribution in [-0.4, -0.2) is 16.8 Å². The molecule has 0 aliphatic carbocycles. The van der Waals surface area contributed by atoms with Crippen molar-refractivity contribution in [1.29, 1.82) is 0 Å². The first kappa shape index (κ1) is 10.0. The maximum Gasteiger partial charge on any atom is 0.349 e. The van der Waals surface area contributed by atoms with Crippen LogP contribution in [0.3, 0.4) is 0 Å². The van der Waals surface area contributed by atoms with Crippen LogP contribution in [-0.2, 0) is 4.79 Å². The number of nitrogen functional groups attached to an aromatic ring is 2. The highest BCUT2D eigenvalue weighted by molar-refractivity contribution is 6.35. The molecule has 1 aromatic carbocycles. The van der Waals surface area contributed by atoms with Gasteiger partial charge in [-0.1, -0.05) is 0 Å². The number of rotatable bonds is 2. The van der Waals surface area contributed by atoms with E-state index in [-0.39, 0.29) is 5.71 Å². The van der Waals surface area contributed by atoms with Crippen LogP contribution in [0.5, 0.6) is 0 Å². The third kappa shape index (κ3) is 2.22. The summed E-state index contributed by atoms with van der Waals surface area (Å²) in [6, 6.07) is 4.75. The molecule has 0 saturated heterocycles. The zero-order valence-corrected chi connectivity index (χ0v) is 7.69. The molecule has 5 nitrogen and oxygen atoms in total. The summed E-state index contributed by atoms with van der Waals surface area (Å²) in [4.78, 5) is 14.3. The van der Waals surface area contributed by atoms with Crippen LogP contribution in [0.4, 0.5) is 17.1 Å². The van der Waals surface area contributed by atoms with Gasteiger partial charge >= 0.3 is 5.97 Å². The van der Waals surface area contributed by atoms with Crippen LogP contribution < -0.4 is 11.5 Å². The molecule has 0 bridgehead atoms. The van der Waals surface area contributed by atoms with E-state index in [1.54, 1.807) is 12.1 Å². The van der Waals surface area contributed by atoms with E-state index in [1.807, 2.05) is 0 Å². The average molecular weight is 193 g/mol. The average Bonchev–Trinajstić information content (AvgIpc) is 2.11. The second-order valence-electron chi connectivity index (χ2n) is 2.82. The van der Waals surface area contributed by atoms with Gasteiger partial charge in [0.25, 0.3) is 0 Å². The molecule has 0 spiro atoms. The number of carboxylic acid groups (broad SMARTS) is 1. The van der Waals surface area contributed by atoms with E-state index in [4.69, 9.17) is 16.6 Å². The van der Waals surface area contributed by atoms with Gasteiger partial charge in [0, 0.05) is 5.69 Å². The minimum Gasteiger partial charge on any atom is -0.477 e. The largest absolute Gasteiger partial charge is 0.477 e. The predicted octanol–water partition coefficient (Wildman–Crippen LogP) is 1.03. The molecule has 5 N–H and O–H groups in total. The zero-order chi connectivity index (χ0) is 10.7. The van der Waals surface area contributed by atoms with Gasteiger partial charge in [0.2, 0.25) is 0 Å². The molecule has 0 aromatic heterocycles. The molecular weight excluding hydrogens is 182 g/mol. The van der Waals surface area contributed by atoms with Crippen molar-refractivity contribution in [3.05, 3.63) is 18.2 Å². The van der Waals surface area contributed by atoms with Crippen LogP contribution in [0.25, 0.3) is 0 Å². The van der Waals surface area contributed by atoms with Crippen LogP contribution in [0.2, 0.25) is 0 Å². The molecule has 0 atom stereocenters. The van der Waals surface area contributed by atoms with E-state index in [0.717, 1.165) is 0 Å². The van der Waals surface area contributed by atoms with Crippen LogP contribution in [0.1, 0.15) is 6.92 Å². The molecular formula is C9H11N3O2. The predicted molar refractivity (Wildman–Crippen MR) is 55.7 cm³/mol. The van der Waals surface area contributed by atoms with E-state index in [1.165, 1.54) is 13.0 Å². The first-order valence-electron chi connectivity index (χ1n) is 3.94. The first-order valence-corrected chi connectivity index (χ1v) is 3.94. The summed E-state index contributed by atoms with van der Waals surface area (Å²) in [5.41, 5.74) is 12.3. The van der Waals surface area contributed by atoms with E-state index in [2.05, 4.69) is 4.99 Å². The number of carboxylic acids is 1. The molecule has 0 saturated carbocycles. The van der Waals surface area contributed by atoms with Gasteiger partial charge in [-0.25, -0.2) is 9.79 Å². The molecule has 0 amide bonds. The lowest BCUT2D eigenvalue weighted by Gasteiger charge is -2.01. The zero-order valence-electron chi connectivity index (χ0n) is 7.69. The third-order valence-corrected chi connectivity index (χ3v) is 1.65. The van der Waals surface area contributed by atoms with Crippen LogP contribution in [0, 0.1) is 0 Å². The Balaban J connectivity index is 3.13. The number of hydrogen-bond acceptors (Lipinski definition) is 4. The summed E-state index contributed by atoms with van der Waals surface area (Å²) < 4.78 is 0. The highest BCUT2D eigenvalue weighted by atomic mass is 16.4. The van der Waals surface area contributed by atoms with Crippen molar-refractivity contribution in [3.8, 4) is 0 Å². The highest BCUT2D eigenvalue weighted by Crippen LogP contribution is 2.24. The topological polar surface area (TPSA) is 102 Å². The highest BCUT2D eigenvalue weighted by Gasteiger charge is 2.04. The van der Waals surface area contributed by atoms with Gasteiger partial charge in [0.05, 0.1) is 11.4 Å². The van der Waals surface area contributed by atoms with Gasteiger partial charge < -0.3 is 16.6 Å². The molecule has 0 heterocycles. The van der Waals surface area contributed by atoms with Crippen LogP contribution >= 0.6 is 0 Å². The quantitative estimate of drug-likeness (QED) is 0.482. The Bertz CT molecular complexity index is 399. The van der Waals surface area contributed by atoms with Gasteiger partial charge in [-0.2, -0.15) is 0 Å². The summed E-state index contributed by atoms with van der Waals surface area (Å²) in [7, 11) is 0. The van der Waals surface area contributed by atoms with Crippen LogP contribution in [0.15, 0.2) is 23.2 Å². The monoisotopic (exact) mass is 193 g/mol. The van der Waals surface area contributed by atoms with Crippen molar-refractivity contribution in [1.82, 2.24) is 0 Å². The number of aliphatic carboxylic acids is 1. The fraction of sp³-hybridized carbons (Fsp3) is 0.111. The van der Waals surface area contributed by atoms with Gasteiger partial charge in [-0.15, -0.1) is 0 Å². The van der Waals surface area contributed by atoms with Gasteiger partial charge in [0.15, 0.2) is 0 Å². The fourth-order valence-electron chi connectivity index (χ4n) is 0.886. The smallest absolute Gasteiger partial charge is 0.349 e. The van der Waals surface area contributed by atoms with Crippen molar-refractivity contribution < 1.29 is 9.90 Å². The van der Waals surface area contributed by atoms with Gasteiger partial charge in [-0.05, 0) is 25.1 Å². The second kappa shape index (κ2) is 3.78. The Morgan fingerprint density at radius 1 is 1.43 bits per heavy atom. The number of nitrogens with zero attached hydrogens (tertiary/aromatic N) is 1. The normalized spacial score (nSPS) is 11.4. The lowest BCUT2D eigenvalue weighted by atomic mass is 10.2. The molecule has 0 fully saturated rings. The molecule has 74 valence electrons. The van der Waals surface area contributed by atoms with E-state index >= 15 is 0 Å². The SMILES string of the molecule is CC(=Nc1cc(N)ccc1N)C(=O)O. The Hall–Kier alpha value is -2.04. The molecule has 0 aliphatic heterocycles. The fourth-order valence-corrected chi connectivity index (χ4v) is 0.886. The maximum absolute atomic E-state index is 10.5. The summed E-state index contributed by atoms with van der Waals surface area (Å²) in [6.45, 7) is 1.39. The third-order valence-electron chi connectivity index (χ3n) is 1.65. The van der Waals surface area contributed by atoms with Crippen molar-refractivity contribution in [3.63, 3.8) is 0 Å². The Morgan fingerprint density at radius 3 is 2.64 bits per heavy atom. The minimum atomic E-state index is -1.08. The number of nitrogens with two attached hydrogens (primary N) is 2. The number of anilines is 2. The molecule has 14 heavy (non-hydrogen) atoms. The summed E-state index contributed by atoms with van der Waals surface area (Å²) in [5, 5.41) is 8.60. The number of carbonyl (C=O) groups is 1. The van der Waals surface area contributed by atoms with E-state index < -0.39 is 5.97 Å². The van der Waals surface area contributed by atoms with Crippen molar-refractivity contribution >= 4 is 28.7 Å². The Kier molecular flexibility index (Phi) is 2.71.